The predicted octanol–water partition coefficient (Wildman–Crippen LogP) is 0.677. The number of hydrogen-bond acceptors (Lipinski definition) is 4. The molecule has 5 nitrogen and oxygen atoms in total. The molecule has 0 aliphatic carbocycles. The van der Waals surface area contributed by atoms with E-state index in [1.807, 2.05) is 0 Å². The van der Waals surface area contributed by atoms with Crippen molar-refractivity contribution in [1.82, 2.24) is 0 Å². The van der Waals surface area contributed by atoms with E-state index in [1.165, 1.54) is 7.11 Å². The third kappa shape index (κ3) is 3.51. The molecule has 86 valence electrons. The summed E-state index contributed by atoms with van der Waals surface area (Å²) in [5.41, 5.74) is 0. The van der Waals surface area contributed by atoms with Crippen molar-refractivity contribution in [2.75, 3.05) is 20.3 Å². The first-order valence-electron chi connectivity index (χ1n) is 5.03. The van der Waals surface area contributed by atoms with Gasteiger partial charge in [0.1, 0.15) is 0 Å². The number of carboxylic acid groups (broad SMARTS) is 1. The van der Waals surface area contributed by atoms with Crippen LogP contribution in [0.5, 0.6) is 0 Å². The Labute approximate surface area is 88.4 Å². The number of methoxy groups -OCH3 is 1. The molecule has 5 heteroatoms. The van der Waals surface area contributed by atoms with Gasteiger partial charge in [0.25, 0.3) is 0 Å². The third-order valence-electron chi connectivity index (χ3n) is 2.69. The number of carbonyl (C=O) groups excluding carboxylic acids is 1. The first-order valence-corrected chi connectivity index (χ1v) is 5.03. The van der Waals surface area contributed by atoms with Crippen LogP contribution in [0.25, 0.3) is 0 Å². The van der Waals surface area contributed by atoms with Crippen LogP contribution in [0.2, 0.25) is 0 Å². The van der Waals surface area contributed by atoms with Crippen LogP contribution in [-0.2, 0) is 19.1 Å². The highest BCUT2D eigenvalue weighted by Gasteiger charge is 2.30. The van der Waals surface area contributed by atoms with Gasteiger partial charge in [-0.3, -0.25) is 9.59 Å². The second-order valence-corrected chi connectivity index (χ2v) is 3.71. The molecule has 1 N–H and O–H groups in total. The van der Waals surface area contributed by atoms with Crippen molar-refractivity contribution in [3.63, 3.8) is 0 Å². The maximum atomic E-state index is 11.2. The molecular formula is C10H16O5. The SMILES string of the molecule is COC(=O)C(CC1CCOCC1)C(=O)O. The van der Waals surface area contributed by atoms with E-state index < -0.39 is 17.9 Å². The lowest BCUT2D eigenvalue weighted by atomic mass is 9.89. The van der Waals surface area contributed by atoms with Crippen LogP contribution >= 0.6 is 0 Å². The van der Waals surface area contributed by atoms with Crippen molar-refractivity contribution in [2.45, 2.75) is 19.3 Å². The lowest BCUT2D eigenvalue weighted by Gasteiger charge is -2.23. The monoisotopic (exact) mass is 216 g/mol. The Morgan fingerprint density at radius 2 is 2.07 bits per heavy atom. The van der Waals surface area contributed by atoms with Gasteiger partial charge in [-0.25, -0.2) is 0 Å². The summed E-state index contributed by atoms with van der Waals surface area (Å²) in [6.45, 7) is 1.30. The van der Waals surface area contributed by atoms with E-state index in [0.717, 1.165) is 12.8 Å². The minimum Gasteiger partial charge on any atom is -0.481 e. The Bertz CT molecular complexity index is 232. The van der Waals surface area contributed by atoms with Crippen molar-refractivity contribution in [1.29, 1.82) is 0 Å². The van der Waals surface area contributed by atoms with Gasteiger partial charge in [-0.15, -0.1) is 0 Å². The van der Waals surface area contributed by atoms with Gasteiger partial charge < -0.3 is 14.6 Å². The standard InChI is InChI=1S/C10H16O5/c1-14-10(13)8(9(11)12)6-7-2-4-15-5-3-7/h7-8H,2-6H2,1H3,(H,11,12). The quantitative estimate of drug-likeness (QED) is 0.552. The molecule has 0 aromatic rings. The average molecular weight is 216 g/mol. The summed E-state index contributed by atoms with van der Waals surface area (Å²) in [4.78, 5) is 22.0. The zero-order valence-corrected chi connectivity index (χ0v) is 8.77. The normalized spacial score (nSPS) is 19.5. The molecule has 1 rings (SSSR count). The highest BCUT2D eigenvalue weighted by Crippen LogP contribution is 2.23. The first kappa shape index (κ1) is 12.0. The Morgan fingerprint density at radius 3 is 2.53 bits per heavy atom. The molecule has 0 spiro atoms. The highest BCUT2D eigenvalue weighted by molar-refractivity contribution is 5.93. The first-order chi connectivity index (χ1) is 7.15. The van der Waals surface area contributed by atoms with Gasteiger partial charge in [0.05, 0.1) is 7.11 Å². The summed E-state index contributed by atoms with van der Waals surface area (Å²) in [7, 11) is 1.21. The fourth-order valence-electron chi connectivity index (χ4n) is 1.76. The minimum absolute atomic E-state index is 0.249. The van der Waals surface area contributed by atoms with Crippen molar-refractivity contribution in [3.8, 4) is 0 Å². The number of rotatable bonds is 4. The molecular weight excluding hydrogens is 200 g/mol. The third-order valence-corrected chi connectivity index (χ3v) is 2.69. The van der Waals surface area contributed by atoms with Gasteiger partial charge in [-0.1, -0.05) is 0 Å². The number of esters is 1. The van der Waals surface area contributed by atoms with Gasteiger partial charge in [0, 0.05) is 13.2 Å². The topological polar surface area (TPSA) is 72.8 Å². The molecule has 1 unspecified atom stereocenters. The summed E-state index contributed by atoms with van der Waals surface area (Å²) in [6.07, 6.45) is 1.99. The van der Waals surface area contributed by atoms with Crippen LogP contribution in [0.4, 0.5) is 0 Å². The molecule has 1 fully saturated rings. The van der Waals surface area contributed by atoms with Crippen LogP contribution in [-0.4, -0.2) is 37.4 Å². The molecule has 0 saturated carbocycles. The van der Waals surface area contributed by atoms with Crippen molar-refractivity contribution in [2.24, 2.45) is 11.8 Å². The molecule has 0 bridgehead atoms. The molecule has 0 radical (unpaired) electrons. The lowest BCUT2D eigenvalue weighted by Crippen LogP contribution is -2.29. The fraction of sp³-hybridized carbons (Fsp3) is 0.800. The lowest BCUT2D eigenvalue weighted by molar-refractivity contribution is -0.158. The van der Waals surface area contributed by atoms with E-state index in [4.69, 9.17) is 9.84 Å². The molecule has 1 aliphatic rings. The summed E-state index contributed by atoms with van der Waals surface area (Å²) < 4.78 is 9.63. The van der Waals surface area contributed by atoms with E-state index in [2.05, 4.69) is 4.74 Å². The maximum absolute atomic E-state index is 11.2. The number of aliphatic carboxylic acids is 1. The maximum Gasteiger partial charge on any atom is 0.320 e. The van der Waals surface area contributed by atoms with Crippen molar-refractivity contribution < 1.29 is 24.2 Å². The van der Waals surface area contributed by atoms with Gasteiger partial charge in [-0.2, -0.15) is 0 Å². The van der Waals surface area contributed by atoms with E-state index in [9.17, 15) is 9.59 Å². The molecule has 15 heavy (non-hydrogen) atoms. The Kier molecular flexibility index (Phi) is 4.55. The summed E-state index contributed by atoms with van der Waals surface area (Å²) in [5, 5.41) is 8.87. The summed E-state index contributed by atoms with van der Waals surface area (Å²) >= 11 is 0. The predicted molar refractivity (Wildman–Crippen MR) is 51.3 cm³/mol. The molecule has 0 amide bonds. The number of hydrogen-bond donors (Lipinski definition) is 1. The van der Waals surface area contributed by atoms with Crippen LogP contribution in [0.15, 0.2) is 0 Å². The number of carbonyl (C=O) groups is 2. The molecule has 1 saturated heterocycles. The van der Waals surface area contributed by atoms with E-state index >= 15 is 0 Å². The van der Waals surface area contributed by atoms with Crippen molar-refractivity contribution >= 4 is 11.9 Å². The second-order valence-electron chi connectivity index (χ2n) is 3.71. The van der Waals surface area contributed by atoms with Gasteiger partial charge in [0.2, 0.25) is 0 Å². The largest absolute Gasteiger partial charge is 0.481 e. The minimum atomic E-state index is -1.10. The van der Waals surface area contributed by atoms with E-state index in [-0.39, 0.29) is 5.92 Å². The Morgan fingerprint density at radius 1 is 1.47 bits per heavy atom. The summed E-state index contributed by atoms with van der Waals surface area (Å²) in [6, 6.07) is 0. The second kappa shape index (κ2) is 5.70. The smallest absolute Gasteiger partial charge is 0.320 e. The van der Waals surface area contributed by atoms with Crippen LogP contribution < -0.4 is 0 Å². The average Bonchev–Trinajstić information content (AvgIpc) is 2.26. The van der Waals surface area contributed by atoms with E-state index in [1.54, 1.807) is 0 Å². The summed E-state index contributed by atoms with van der Waals surface area (Å²) in [5.74, 6) is -2.54. The Hall–Kier alpha value is -1.10. The van der Waals surface area contributed by atoms with Crippen LogP contribution in [0.3, 0.4) is 0 Å². The molecule has 1 aliphatic heterocycles. The molecule has 1 heterocycles. The van der Waals surface area contributed by atoms with Gasteiger partial charge >= 0.3 is 11.9 Å². The van der Waals surface area contributed by atoms with E-state index in [0.29, 0.717) is 19.6 Å². The zero-order chi connectivity index (χ0) is 11.3. The molecule has 1 atom stereocenters. The van der Waals surface area contributed by atoms with Crippen LogP contribution in [0, 0.1) is 11.8 Å². The van der Waals surface area contributed by atoms with Gasteiger partial charge in [-0.05, 0) is 25.2 Å². The number of carboxylic acids is 1. The van der Waals surface area contributed by atoms with Crippen LogP contribution in [0.1, 0.15) is 19.3 Å². The number of ether oxygens (including phenoxy) is 2. The fourth-order valence-corrected chi connectivity index (χ4v) is 1.76. The van der Waals surface area contributed by atoms with Gasteiger partial charge in [0.15, 0.2) is 5.92 Å². The van der Waals surface area contributed by atoms with Crippen molar-refractivity contribution in [3.05, 3.63) is 0 Å². The molecule has 0 aromatic carbocycles. The highest BCUT2D eigenvalue weighted by atomic mass is 16.5. The zero-order valence-electron chi connectivity index (χ0n) is 8.77. The molecule has 0 aromatic heterocycles. The Balaban J connectivity index is 2.49.